The van der Waals surface area contributed by atoms with E-state index in [1.165, 1.54) is 0 Å². The molecule has 2 N–H and O–H groups in total. The fraction of sp³-hybridized carbons (Fsp3) is 0. The Morgan fingerprint density at radius 1 is 0.519 bits per heavy atom. The van der Waals surface area contributed by atoms with Crippen LogP contribution in [0, 0.1) is 0 Å². The van der Waals surface area contributed by atoms with Crippen LogP contribution in [0.5, 0.6) is 0 Å². The number of carboxylic acids is 2. The second kappa shape index (κ2) is 8.99. The van der Waals surface area contributed by atoms with Crippen molar-refractivity contribution in [3.63, 3.8) is 0 Å². The van der Waals surface area contributed by atoms with Gasteiger partial charge in [-0.25, -0.2) is 9.59 Å². The molecule has 0 heterocycles. The van der Waals surface area contributed by atoms with Crippen LogP contribution in [0.3, 0.4) is 0 Å². The fourth-order valence-corrected chi connectivity index (χ4v) is 2.64. The third-order valence-corrected chi connectivity index (χ3v) is 3.99. The Hall–Kier alpha value is -3.14. The summed E-state index contributed by atoms with van der Waals surface area (Å²) in [6.45, 7) is 0. The molecule has 4 nitrogen and oxygen atoms in total. The van der Waals surface area contributed by atoms with Crippen LogP contribution in [-0.2, 0) is 17.1 Å². The molecule has 5 heteroatoms. The largest absolute Gasteiger partial charge is 0.478 e. The summed E-state index contributed by atoms with van der Waals surface area (Å²) < 4.78 is 0. The van der Waals surface area contributed by atoms with Crippen molar-refractivity contribution in [3.8, 4) is 0 Å². The monoisotopic (exact) mass is 400 g/mol. The summed E-state index contributed by atoms with van der Waals surface area (Å²) in [5, 5.41) is 21.5. The quantitative estimate of drug-likeness (QED) is 0.461. The third kappa shape index (κ3) is 4.94. The minimum atomic E-state index is -0.884. The van der Waals surface area contributed by atoms with Crippen LogP contribution in [0.1, 0.15) is 20.7 Å². The summed E-state index contributed by atoms with van der Waals surface area (Å²) in [6, 6.07) is 25.6. The number of carbonyl (C=O) groups is 2. The Balaban J connectivity index is 0.000000187. The number of fused-ring (bicyclic) bond motifs is 2. The van der Waals surface area contributed by atoms with Crippen LogP contribution in [0.4, 0.5) is 0 Å². The van der Waals surface area contributed by atoms with E-state index < -0.39 is 11.9 Å². The molecule has 0 fully saturated rings. The average molecular weight is 400 g/mol. The van der Waals surface area contributed by atoms with Crippen LogP contribution in [0.15, 0.2) is 84.9 Å². The third-order valence-electron chi connectivity index (χ3n) is 3.99. The number of hydrogen-bond donors (Lipinski definition) is 2. The van der Waals surface area contributed by atoms with Gasteiger partial charge in [0.1, 0.15) is 0 Å². The summed E-state index contributed by atoms with van der Waals surface area (Å²) >= 11 is 0. The average Bonchev–Trinajstić information content (AvgIpc) is 2.67. The number of carboxylic acid groups (broad SMARTS) is 2. The maximum atomic E-state index is 10.6. The Bertz CT molecular complexity index is 1020. The molecular formula is C22H16FeO4. The smallest absolute Gasteiger partial charge is 0.335 e. The number of benzene rings is 4. The second-order valence-electron chi connectivity index (χ2n) is 5.73. The van der Waals surface area contributed by atoms with Crippen molar-refractivity contribution in [2.75, 3.05) is 0 Å². The number of hydrogen-bond acceptors (Lipinski definition) is 2. The summed E-state index contributed by atoms with van der Waals surface area (Å²) in [5.74, 6) is -1.77. The van der Waals surface area contributed by atoms with Gasteiger partial charge in [-0.1, -0.05) is 60.7 Å². The van der Waals surface area contributed by atoms with E-state index in [1.807, 2.05) is 60.7 Å². The van der Waals surface area contributed by atoms with Crippen molar-refractivity contribution in [2.24, 2.45) is 0 Å². The van der Waals surface area contributed by atoms with Gasteiger partial charge in [0.15, 0.2) is 0 Å². The van der Waals surface area contributed by atoms with Gasteiger partial charge in [0.05, 0.1) is 11.1 Å². The van der Waals surface area contributed by atoms with Crippen molar-refractivity contribution in [1.82, 2.24) is 0 Å². The van der Waals surface area contributed by atoms with Gasteiger partial charge in [-0.3, -0.25) is 0 Å². The Morgan fingerprint density at radius 2 is 0.852 bits per heavy atom. The molecule has 0 radical (unpaired) electrons. The molecule has 0 atom stereocenters. The Kier molecular flexibility index (Phi) is 6.72. The van der Waals surface area contributed by atoms with E-state index in [1.54, 1.807) is 24.3 Å². The van der Waals surface area contributed by atoms with E-state index >= 15 is 0 Å². The van der Waals surface area contributed by atoms with Crippen molar-refractivity contribution in [3.05, 3.63) is 96.1 Å². The molecule has 136 valence electrons. The molecule has 0 saturated carbocycles. The minimum Gasteiger partial charge on any atom is -0.478 e. The van der Waals surface area contributed by atoms with Gasteiger partial charge in [-0.05, 0) is 45.8 Å². The molecule has 27 heavy (non-hydrogen) atoms. The number of rotatable bonds is 2. The molecule has 0 aliphatic rings. The van der Waals surface area contributed by atoms with Gasteiger partial charge in [-0.2, -0.15) is 0 Å². The zero-order valence-corrected chi connectivity index (χ0v) is 15.3. The van der Waals surface area contributed by atoms with Gasteiger partial charge in [-0.15, -0.1) is 0 Å². The maximum Gasteiger partial charge on any atom is 0.335 e. The number of aromatic carboxylic acids is 2. The van der Waals surface area contributed by atoms with E-state index in [9.17, 15) is 9.59 Å². The van der Waals surface area contributed by atoms with Crippen LogP contribution < -0.4 is 0 Å². The van der Waals surface area contributed by atoms with E-state index in [0.29, 0.717) is 11.1 Å². The SMILES string of the molecule is O=C(O)c1ccc2ccccc2c1.O=C(O)c1ccc2ccccc2c1.[Fe]. The van der Waals surface area contributed by atoms with Crippen LogP contribution in [0.2, 0.25) is 0 Å². The first-order valence-electron chi connectivity index (χ1n) is 7.99. The van der Waals surface area contributed by atoms with Crippen molar-refractivity contribution >= 4 is 33.5 Å². The van der Waals surface area contributed by atoms with Gasteiger partial charge >= 0.3 is 11.9 Å². The summed E-state index contributed by atoms with van der Waals surface area (Å²) in [7, 11) is 0. The Labute approximate surface area is 166 Å². The van der Waals surface area contributed by atoms with Crippen molar-refractivity contribution in [1.29, 1.82) is 0 Å². The molecule has 4 aromatic rings. The van der Waals surface area contributed by atoms with Gasteiger partial charge in [0.2, 0.25) is 0 Å². The normalized spacial score (nSPS) is 9.78. The molecule has 4 aromatic carbocycles. The predicted molar refractivity (Wildman–Crippen MR) is 102 cm³/mol. The summed E-state index contributed by atoms with van der Waals surface area (Å²) in [6.07, 6.45) is 0. The second-order valence-corrected chi connectivity index (χ2v) is 5.73. The zero-order valence-electron chi connectivity index (χ0n) is 14.1. The molecular weight excluding hydrogens is 384 g/mol. The van der Waals surface area contributed by atoms with Gasteiger partial charge in [0.25, 0.3) is 0 Å². The predicted octanol–water partition coefficient (Wildman–Crippen LogP) is 5.07. The van der Waals surface area contributed by atoms with E-state index in [0.717, 1.165) is 21.5 Å². The summed E-state index contributed by atoms with van der Waals surface area (Å²) in [5.41, 5.74) is 0.664. The maximum absolute atomic E-state index is 10.6. The molecule has 0 amide bonds. The van der Waals surface area contributed by atoms with Crippen LogP contribution in [-0.4, -0.2) is 22.2 Å². The standard InChI is InChI=1S/2C11H8O2.Fe/c2*12-11(13)10-6-5-8-3-1-2-4-9(8)7-10;/h2*1-7H,(H,12,13);. The van der Waals surface area contributed by atoms with E-state index in [-0.39, 0.29) is 17.1 Å². The van der Waals surface area contributed by atoms with Gasteiger partial charge < -0.3 is 10.2 Å². The van der Waals surface area contributed by atoms with Crippen molar-refractivity contribution < 1.29 is 36.9 Å². The van der Waals surface area contributed by atoms with Crippen LogP contribution >= 0.6 is 0 Å². The molecule has 0 aromatic heterocycles. The molecule has 0 aliphatic heterocycles. The first-order chi connectivity index (χ1) is 12.5. The topological polar surface area (TPSA) is 74.6 Å². The molecule has 0 spiro atoms. The van der Waals surface area contributed by atoms with Crippen molar-refractivity contribution in [2.45, 2.75) is 0 Å². The summed E-state index contributed by atoms with van der Waals surface area (Å²) in [4.78, 5) is 21.3. The van der Waals surface area contributed by atoms with E-state index in [4.69, 9.17) is 10.2 Å². The molecule has 0 saturated heterocycles. The molecule has 4 rings (SSSR count). The van der Waals surface area contributed by atoms with E-state index in [2.05, 4.69) is 0 Å². The molecule has 0 aliphatic carbocycles. The van der Waals surface area contributed by atoms with Gasteiger partial charge in [0, 0.05) is 17.1 Å². The molecule has 0 unspecified atom stereocenters. The first kappa shape index (κ1) is 20.2. The Morgan fingerprint density at radius 3 is 1.19 bits per heavy atom. The molecule has 0 bridgehead atoms. The fourth-order valence-electron chi connectivity index (χ4n) is 2.64. The van der Waals surface area contributed by atoms with Crippen LogP contribution in [0.25, 0.3) is 21.5 Å². The first-order valence-corrected chi connectivity index (χ1v) is 7.99. The minimum absolute atomic E-state index is 0. The zero-order chi connectivity index (χ0) is 18.5.